The molecule has 4 nitrogen and oxygen atoms in total. The van der Waals surface area contributed by atoms with Crippen molar-refractivity contribution in [3.05, 3.63) is 94.9 Å². The minimum absolute atomic E-state index is 0.0250. The average molecular weight is 478 g/mol. The molecule has 0 spiro atoms. The number of fused-ring (bicyclic) bond motifs is 1. The van der Waals surface area contributed by atoms with Gasteiger partial charge in [-0.2, -0.15) is 0 Å². The van der Waals surface area contributed by atoms with Crippen LogP contribution in [0, 0.1) is 0 Å². The Morgan fingerprint density at radius 3 is 2.62 bits per heavy atom. The van der Waals surface area contributed by atoms with E-state index in [1.807, 2.05) is 34.9 Å². The molecule has 5 rings (SSSR count). The standard InChI is InChI=1S/C27H25F2N3OS/c1-27(28,29)23-6-4-3-5-19(23)16-32-25-12-7-18(20-13-14-34-17-20)15-24(25)31-26(32)30-21-8-10-22(33-2)11-9-21/h3-15,20H,16-17H2,1-2H3,(H,30,31). The van der Waals surface area contributed by atoms with Gasteiger partial charge >= 0.3 is 0 Å². The highest BCUT2D eigenvalue weighted by atomic mass is 32.2. The van der Waals surface area contributed by atoms with E-state index in [-0.39, 0.29) is 12.1 Å². The van der Waals surface area contributed by atoms with Crippen LogP contribution in [0.25, 0.3) is 11.0 Å². The molecule has 1 unspecified atom stereocenters. The van der Waals surface area contributed by atoms with Crippen molar-refractivity contribution in [2.24, 2.45) is 0 Å². The highest BCUT2D eigenvalue weighted by molar-refractivity contribution is 8.02. The fourth-order valence-corrected chi connectivity index (χ4v) is 5.19. The number of nitrogens with one attached hydrogen (secondary N) is 1. The van der Waals surface area contributed by atoms with Crippen molar-refractivity contribution >= 4 is 34.4 Å². The number of aromatic nitrogens is 2. The summed E-state index contributed by atoms with van der Waals surface area (Å²) in [6, 6.07) is 20.5. The van der Waals surface area contributed by atoms with Crippen LogP contribution in [0.5, 0.6) is 5.75 Å². The van der Waals surface area contributed by atoms with E-state index in [9.17, 15) is 8.78 Å². The number of hydrogen-bond donors (Lipinski definition) is 1. The molecule has 34 heavy (non-hydrogen) atoms. The lowest BCUT2D eigenvalue weighted by Gasteiger charge is -2.18. The summed E-state index contributed by atoms with van der Waals surface area (Å²) < 4.78 is 35.9. The monoisotopic (exact) mass is 477 g/mol. The first-order valence-corrected chi connectivity index (χ1v) is 12.1. The second-order valence-corrected chi connectivity index (χ2v) is 9.38. The fourth-order valence-electron chi connectivity index (χ4n) is 4.27. The maximum Gasteiger partial charge on any atom is 0.270 e. The van der Waals surface area contributed by atoms with E-state index in [2.05, 4.69) is 28.9 Å². The number of anilines is 2. The van der Waals surface area contributed by atoms with E-state index in [1.54, 1.807) is 37.1 Å². The summed E-state index contributed by atoms with van der Waals surface area (Å²) in [5.41, 5.74) is 4.35. The van der Waals surface area contributed by atoms with Crippen LogP contribution in [0.4, 0.5) is 20.4 Å². The number of hydrogen-bond acceptors (Lipinski definition) is 4. The largest absolute Gasteiger partial charge is 0.497 e. The number of ether oxygens (including phenoxy) is 1. The Hall–Kier alpha value is -3.32. The SMILES string of the molecule is COc1ccc(Nc2nc3cc(C4C=CSC4)ccc3n2Cc2ccccc2C(C)(F)F)cc1. The van der Waals surface area contributed by atoms with Crippen LogP contribution in [0.3, 0.4) is 0 Å². The lowest BCUT2D eigenvalue weighted by atomic mass is 10.0. The Kier molecular flexibility index (Phi) is 6.04. The van der Waals surface area contributed by atoms with Gasteiger partial charge in [0.15, 0.2) is 0 Å². The summed E-state index contributed by atoms with van der Waals surface area (Å²) in [4.78, 5) is 4.87. The number of nitrogens with zero attached hydrogens (tertiary/aromatic N) is 2. The maximum atomic E-state index is 14.3. The molecule has 0 radical (unpaired) electrons. The smallest absolute Gasteiger partial charge is 0.270 e. The Morgan fingerprint density at radius 1 is 1.12 bits per heavy atom. The molecule has 0 saturated heterocycles. The third-order valence-electron chi connectivity index (χ3n) is 6.05. The molecular formula is C27H25F2N3OS. The van der Waals surface area contributed by atoms with Crippen molar-refractivity contribution in [3.63, 3.8) is 0 Å². The van der Waals surface area contributed by atoms with Crippen LogP contribution in [-0.2, 0) is 12.5 Å². The highest BCUT2D eigenvalue weighted by Crippen LogP contribution is 2.34. The van der Waals surface area contributed by atoms with Crippen LogP contribution in [0.1, 0.15) is 29.5 Å². The maximum absolute atomic E-state index is 14.3. The molecule has 0 aliphatic carbocycles. The van der Waals surface area contributed by atoms with Gasteiger partial charge in [-0.3, -0.25) is 0 Å². The fraction of sp³-hybridized carbons (Fsp3) is 0.222. The Labute approximate surface area is 201 Å². The number of rotatable bonds is 7. The van der Waals surface area contributed by atoms with Crippen molar-refractivity contribution < 1.29 is 13.5 Å². The Bertz CT molecular complexity index is 1340. The summed E-state index contributed by atoms with van der Waals surface area (Å²) in [7, 11) is 1.62. The third kappa shape index (κ3) is 4.53. The molecule has 1 aliphatic rings. The van der Waals surface area contributed by atoms with E-state index < -0.39 is 5.92 Å². The van der Waals surface area contributed by atoms with E-state index >= 15 is 0 Å². The summed E-state index contributed by atoms with van der Waals surface area (Å²) >= 11 is 1.80. The second-order valence-electron chi connectivity index (χ2n) is 8.44. The lowest BCUT2D eigenvalue weighted by molar-refractivity contribution is 0.0165. The number of benzene rings is 3. The zero-order chi connectivity index (χ0) is 23.7. The number of halogens is 2. The predicted molar refractivity (Wildman–Crippen MR) is 135 cm³/mol. The molecule has 1 atom stereocenters. The first-order chi connectivity index (χ1) is 16.4. The van der Waals surface area contributed by atoms with E-state index in [0.717, 1.165) is 35.1 Å². The van der Waals surface area contributed by atoms with Gasteiger partial charge in [0.2, 0.25) is 5.95 Å². The topological polar surface area (TPSA) is 39.1 Å². The Balaban J connectivity index is 1.58. The first-order valence-electron chi connectivity index (χ1n) is 11.1. The molecule has 1 aliphatic heterocycles. The molecule has 3 aromatic carbocycles. The van der Waals surface area contributed by atoms with Crippen molar-refractivity contribution in [2.45, 2.75) is 25.3 Å². The molecule has 0 fully saturated rings. The number of thioether (sulfide) groups is 1. The molecule has 2 heterocycles. The van der Waals surface area contributed by atoms with Crippen molar-refractivity contribution in [2.75, 3.05) is 18.2 Å². The van der Waals surface area contributed by atoms with Crippen molar-refractivity contribution in [3.8, 4) is 5.75 Å². The zero-order valence-corrected chi connectivity index (χ0v) is 19.8. The highest BCUT2D eigenvalue weighted by Gasteiger charge is 2.27. The molecule has 1 N–H and O–H groups in total. The van der Waals surface area contributed by atoms with Crippen LogP contribution < -0.4 is 10.1 Å². The number of alkyl halides is 2. The minimum Gasteiger partial charge on any atom is -0.497 e. The predicted octanol–water partition coefficient (Wildman–Crippen LogP) is 7.29. The second kappa shape index (κ2) is 9.14. The number of imidazole rings is 1. The summed E-state index contributed by atoms with van der Waals surface area (Å²) in [5.74, 6) is -0.205. The van der Waals surface area contributed by atoms with Crippen LogP contribution in [0.15, 0.2) is 78.2 Å². The van der Waals surface area contributed by atoms with Crippen LogP contribution in [0.2, 0.25) is 0 Å². The molecule has 0 bridgehead atoms. The summed E-state index contributed by atoms with van der Waals surface area (Å²) in [6.07, 6.45) is 2.21. The lowest BCUT2D eigenvalue weighted by Crippen LogP contribution is -2.14. The Morgan fingerprint density at radius 2 is 1.91 bits per heavy atom. The van der Waals surface area contributed by atoms with Crippen LogP contribution in [-0.4, -0.2) is 22.4 Å². The van der Waals surface area contributed by atoms with Crippen LogP contribution >= 0.6 is 11.8 Å². The minimum atomic E-state index is -2.93. The van der Waals surface area contributed by atoms with Gasteiger partial charge in [-0.1, -0.05) is 36.4 Å². The van der Waals surface area contributed by atoms with Gasteiger partial charge in [-0.05, 0) is 52.9 Å². The molecule has 4 aromatic rings. The number of methoxy groups -OCH3 is 1. The van der Waals surface area contributed by atoms with Gasteiger partial charge < -0.3 is 14.6 Å². The molecule has 174 valence electrons. The van der Waals surface area contributed by atoms with Gasteiger partial charge in [0.1, 0.15) is 5.75 Å². The summed E-state index contributed by atoms with van der Waals surface area (Å²) in [6.45, 7) is 1.21. The van der Waals surface area contributed by atoms with E-state index in [1.165, 1.54) is 11.6 Å². The van der Waals surface area contributed by atoms with E-state index in [0.29, 0.717) is 17.4 Å². The summed E-state index contributed by atoms with van der Waals surface area (Å²) in [5, 5.41) is 5.50. The molecule has 1 aromatic heterocycles. The van der Waals surface area contributed by atoms with Gasteiger partial charge in [0, 0.05) is 29.8 Å². The normalized spacial score (nSPS) is 15.7. The first kappa shape index (κ1) is 22.5. The zero-order valence-electron chi connectivity index (χ0n) is 19.0. The molecule has 7 heteroatoms. The quantitative estimate of drug-likeness (QED) is 0.303. The van der Waals surface area contributed by atoms with Gasteiger partial charge in [-0.25, -0.2) is 13.8 Å². The molecule has 0 amide bonds. The number of allylic oxidation sites excluding steroid dienone is 1. The third-order valence-corrected chi connectivity index (χ3v) is 6.95. The molecular weight excluding hydrogens is 452 g/mol. The molecule has 0 saturated carbocycles. The van der Waals surface area contributed by atoms with E-state index in [4.69, 9.17) is 9.72 Å². The van der Waals surface area contributed by atoms with Gasteiger partial charge in [0.05, 0.1) is 24.7 Å². The van der Waals surface area contributed by atoms with Crippen molar-refractivity contribution in [1.82, 2.24) is 9.55 Å². The van der Waals surface area contributed by atoms with Gasteiger partial charge in [0.25, 0.3) is 5.92 Å². The average Bonchev–Trinajstić information content (AvgIpc) is 3.48. The van der Waals surface area contributed by atoms with Crippen molar-refractivity contribution in [1.29, 1.82) is 0 Å². The van der Waals surface area contributed by atoms with Gasteiger partial charge in [-0.15, -0.1) is 11.8 Å².